The van der Waals surface area contributed by atoms with Crippen LogP contribution < -0.4 is 16.2 Å². The number of aromatic nitrogens is 4. The van der Waals surface area contributed by atoms with E-state index in [1.807, 2.05) is 16.8 Å². The highest BCUT2D eigenvalue weighted by molar-refractivity contribution is 5.79. The normalized spacial score (nSPS) is 16.0. The number of hydrogen-bond donors (Lipinski definition) is 2. The van der Waals surface area contributed by atoms with Gasteiger partial charge < -0.3 is 10.6 Å². The fraction of sp³-hybridized carbons (Fsp3) is 0.346. The molecule has 0 amide bonds. The van der Waals surface area contributed by atoms with E-state index in [4.69, 9.17) is 4.98 Å². The Hall–Kier alpha value is -3.52. The lowest BCUT2D eigenvalue weighted by molar-refractivity contribution is 0.214. The van der Waals surface area contributed by atoms with Crippen molar-refractivity contribution >= 4 is 22.5 Å². The summed E-state index contributed by atoms with van der Waals surface area (Å²) in [5.74, 6) is 0.656. The zero-order chi connectivity index (χ0) is 23.4. The van der Waals surface area contributed by atoms with Gasteiger partial charge in [0.1, 0.15) is 11.5 Å². The summed E-state index contributed by atoms with van der Waals surface area (Å²) in [7, 11) is 0. The molecule has 2 aliphatic rings. The predicted molar refractivity (Wildman–Crippen MR) is 131 cm³/mol. The van der Waals surface area contributed by atoms with Crippen molar-refractivity contribution in [2.75, 3.05) is 11.9 Å². The van der Waals surface area contributed by atoms with Gasteiger partial charge in [0.25, 0.3) is 5.56 Å². The molecule has 3 aromatic heterocycles. The van der Waals surface area contributed by atoms with E-state index in [2.05, 4.69) is 33.8 Å². The highest BCUT2D eigenvalue weighted by Gasteiger charge is 2.31. The molecule has 4 aromatic rings. The first-order valence-corrected chi connectivity index (χ1v) is 11.8. The zero-order valence-corrected chi connectivity index (χ0v) is 19.3. The van der Waals surface area contributed by atoms with Crippen LogP contribution in [0, 0.1) is 0 Å². The molecule has 1 aliphatic heterocycles. The molecule has 1 fully saturated rings. The molecule has 34 heavy (non-hydrogen) atoms. The van der Waals surface area contributed by atoms with Gasteiger partial charge in [0, 0.05) is 18.4 Å². The van der Waals surface area contributed by atoms with Crippen molar-refractivity contribution in [1.82, 2.24) is 24.6 Å². The fourth-order valence-electron chi connectivity index (χ4n) is 4.64. The number of rotatable bonds is 5. The van der Waals surface area contributed by atoms with Crippen molar-refractivity contribution in [2.45, 2.75) is 51.4 Å². The Balaban J connectivity index is 1.46. The maximum Gasteiger partial charge on any atom is 0.276 e. The molecular formula is C26H27FN6O. The number of alkyl halides is 1. The fourth-order valence-corrected chi connectivity index (χ4v) is 4.64. The Morgan fingerprint density at radius 2 is 1.97 bits per heavy atom. The first kappa shape index (κ1) is 21.0. The number of anilines is 2. The summed E-state index contributed by atoms with van der Waals surface area (Å²) in [5.41, 5.74) is 3.51. The van der Waals surface area contributed by atoms with Crippen molar-refractivity contribution in [3.8, 4) is 5.69 Å². The van der Waals surface area contributed by atoms with Crippen LogP contribution >= 0.6 is 0 Å². The van der Waals surface area contributed by atoms with Gasteiger partial charge in [-0.2, -0.15) is 0 Å². The highest BCUT2D eigenvalue weighted by atomic mass is 19.1. The van der Waals surface area contributed by atoms with Gasteiger partial charge in [0.2, 0.25) is 0 Å². The molecule has 8 heteroatoms. The quantitative estimate of drug-likeness (QED) is 0.460. The molecular weight excluding hydrogens is 431 g/mol. The molecule has 1 aromatic carbocycles. The summed E-state index contributed by atoms with van der Waals surface area (Å²) in [5, 5.41) is 7.35. The molecule has 0 spiro atoms. The van der Waals surface area contributed by atoms with Gasteiger partial charge in [0.05, 0.1) is 22.8 Å². The van der Waals surface area contributed by atoms with E-state index in [1.54, 1.807) is 23.0 Å². The Morgan fingerprint density at radius 3 is 2.76 bits per heavy atom. The summed E-state index contributed by atoms with van der Waals surface area (Å²) in [4.78, 5) is 22.4. The van der Waals surface area contributed by atoms with Gasteiger partial charge in [-0.05, 0) is 87.2 Å². The Kier molecular flexibility index (Phi) is 4.81. The van der Waals surface area contributed by atoms with Crippen LogP contribution in [0.25, 0.3) is 16.7 Å². The number of benzene rings is 1. The smallest absolute Gasteiger partial charge is 0.276 e. The topological polar surface area (TPSA) is 76.8 Å². The second-order valence-electron chi connectivity index (χ2n) is 9.67. The van der Waals surface area contributed by atoms with E-state index in [-0.39, 0.29) is 11.6 Å². The van der Waals surface area contributed by atoms with E-state index < -0.39 is 5.67 Å². The monoisotopic (exact) mass is 458 g/mol. The van der Waals surface area contributed by atoms with Gasteiger partial charge in [0.15, 0.2) is 5.65 Å². The van der Waals surface area contributed by atoms with Crippen molar-refractivity contribution < 1.29 is 4.39 Å². The number of nitrogens with zero attached hydrogens (tertiary/aromatic N) is 4. The van der Waals surface area contributed by atoms with Crippen LogP contribution in [0.4, 0.5) is 15.9 Å². The first-order chi connectivity index (χ1) is 16.4. The third-order valence-corrected chi connectivity index (χ3v) is 6.58. The molecule has 4 heterocycles. The SMILES string of the molecule is CC(C)(F)c1cc(-n2c3nc(Nc4ccc5c(c4)CCNC5)ccc3c(=O)n2C2CC2)ccn1. The average molecular weight is 459 g/mol. The molecule has 0 saturated heterocycles. The predicted octanol–water partition coefficient (Wildman–Crippen LogP) is 4.51. The lowest BCUT2D eigenvalue weighted by atomic mass is 10.0. The molecule has 0 bridgehead atoms. The minimum absolute atomic E-state index is 0.0734. The number of nitrogens with one attached hydrogen (secondary N) is 2. The summed E-state index contributed by atoms with van der Waals surface area (Å²) in [6.45, 7) is 4.83. The molecule has 7 nitrogen and oxygen atoms in total. The highest BCUT2D eigenvalue weighted by Crippen LogP contribution is 2.36. The molecule has 2 N–H and O–H groups in total. The van der Waals surface area contributed by atoms with Crippen LogP contribution in [-0.4, -0.2) is 25.9 Å². The second-order valence-corrected chi connectivity index (χ2v) is 9.67. The molecule has 0 unspecified atom stereocenters. The van der Waals surface area contributed by atoms with Gasteiger partial charge >= 0.3 is 0 Å². The number of pyridine rings is 2. The summed E-state index contributed by atoms with van der Waals surface area (Å²) in [6.07, 6.45) is 4.47. The van der Waals surface area contributed by atoms with E-state index in [9.17, 15) is 9.18 Å². The van der Waals surface area contributed by atoms with Crippen molar-refractivity contribution in [2.24, 2.45) is 0 Å². The lowest BCUT2D eigenvalue weighted by Gasteiger charge is -2.18. The van der Waals surface area contributed by atoms with E-state index in [0.29, 0.717) is 28.2 Å². The summed E-state index contributed by atoms with van der Waals surface area (Å²) < 4.78 is 18.3. The molecule has 0 atom stereocenters. The third-order valence-electron chi connectivity index (χ3n) is 6.58. The lowest BCUT2D eigenvalue weighted by Crippen LogP contribution is -2.23. The van der Waals surface area contributed by atoms with Gasteiger partial charge in [-0.15, -0.1) is 0 Å². The van der Waals surface area contributed by atoms with Gasteiger partial charge in [-0.25, -0.2) is 18.7 Å². The summed E-state index contributed by atoms with van der Waals surface area (Å²) >= 11 is 0. The van der Waals surface area contributed by atoms with Crippen molar-refractivity contribution in [3.63, 3.8) is 0 Å². The average Bonchev–Trinajstić information content (AvgIpc) is 3.62. The van der Waals surface area contributed by atoms with E-state index >= 15 is 0 Å². The van der Waals surface area contributed by atoms with Crippen LogP contribution in [0.1, 0.15) is 49.6 Å². The Bertz CT molecular complexity index is 1460. The largest absolute Gasteiger partial charge is 0.340 e. The standard InChI is InChI=1S/C26H27FN6O/c1-26(2,27)22-14-20(10-12-29-22)32-24-21(25(34)33(32)19-5-6-19)7-8-23(31-24)30-18-4-3-17-15-28-11-9-16(17)13-18/h3-4,7-8,10,12-14,19,28H,5-6,9,11,15H2,1-2H3,(H,30,31). The maximum absolute atomic E-state index is 14.7. The van der Waals surface area contributed by atoms with Crippen molar-refractivity contribution in [3.05, 3.63) is 75.8 Å². The van der Waals surface area contributed by atoms with Crippen LogP contribution in [0.2, 0.25) is 0 Å². The molecule has 1 saturated carbocycles. The number of hydrogen-bond acceptors (Lipinski definition) is 5. The number of fused-ring (bicyclic) bond motifs is 2. The van der Waals surface area contributed by atoms with Gasteiger partial charge in [-0.1, -0.05) is 6.07 Å². The number of halogens is 1. The van der Waals surface area contributed by atoms with Crippen LogP contribution in [0.3, 0.4) is 0 Å². The first-order valence-electron chi connectivity index (χ1n) is 11.8. The zero-order valence-electron chi connectivity index (χ0n) is 19.3. The van der Waals surface area contributed by atoms with Crippen LogP contribution in [0.15, 0.2) is 53.5 Å². The van der Waals surface area contributed by atoms with Crippen LogP contribution in [0.5, 0.6) is 0 Å². The molecule has 174 valence electrons. The Labute approximate surface area is 196 Å². The van der Waals surface area contributed by atoms with E-state index in [0.717, 1.165) is 38.0 Å². The summed E-state index contributed by atoms with van der Waals surface area (Å²) in [6, 6.07) is 13.7. The molecule has 0 radical (unpaired) electrons. The van der Waals surface area contributed by atoms with E-state index in [1.165, 1.54) is 25.0 Å². The minimum atomic E-state index is -1.59. The van der Waals surface area contributed by atoms with Gasteiger partial charge in [-0.3, -0.25) is 9.78 Å². The second kappa shape index (κ2) is 7.77. The molecule has 1 aliphatic carbocycles. The minimum Gasteiger partial charge on any atom is -0.340 e. The Morgan fingerprint density at radius 1 is 1.12 bits per heavy atom. The third kappa shape index (κ3) is 3.68. The molecule has 6 rings (SSSR count). The van der Waals surface area contributed by atoms with Crippen molar-refractivity contribution in [1.29, 1.82) is 0 Å². The maximum atomic E-state index is 14.7. The van der Waals surface area contributed by atoms with Crippen LogP contribution in [-0.2, 0) is 18.6 Å².